The fourth-order valence-electron chi connectivity index (χ4n) is 4.04. The van der Waals surface area contributed by atoms with Gasteiger partial charge in [-0.25, -0.2) is 0 Å². The molecule has 0 atom stereocenters. The minimum Gasteiger partial charge on any atom is -0.356 e. The Hall–Kier alpha value is -2.96. The van der Waals surface area contributed by atoms with E-state index in [0.717, 1.165) is 12.1 Å². The number of guanidine groups is 1. The van der Waals surface area contributed by atoms with Gasteiger partial charge < -0.3 is 15.1 Å². The third-order valence-corrected chi connectivity index (χ3v) is 5.70. The number of nitrogens with zero attached hydrogens (tertiary/aromatic N) is 6. The normalized spacial score (nSPS) is 16.2. The molecule has 1 saturated heterocycles. The van der Waals surface area contributed by atoms with Crippen molar-refractivity contribution in [1.82, 2.24) is 24.9 Å². The maximum absolute atomic E-state index is 12.6. The highest BCUT2D eigenvalue weighted by Crippen LogP contribution is 2.22. The summed E-state index contributed by atoms with van der Waals surface area (Å²) in [5, 5.41) is 7.42. The number of imide groups is 1. The van der Waals surface area contributed by atoms with Gasteiger partial charge in [-0.05, 0) is 25.0 Å². The van der Waals surface area contributed by atoms with Crippen molar-refractivity contribution in [3.05, 3.63) is 47.8 Å². The standard InChI is InChI=1S/C22H27N7O3.HI/c1-23-22(27-11-12-28(19(30)15-27)16-13-25-26(2)14-16)24-9-5-6-10-29-20(31)17-7-3-4-8-18(17)21(29)32;/h3-4,7-8,13-14H,5-6,9-12,15H2,1-2H3,(H,23,24);1H. The zero-order chi connectivity index (χ0) is 22.7. The van der Waals surface area contributed by atoms with Crippen LogP contribution >= 0.6 is 24.0 Å². The lowest BCUT2D eigenvalue weighted by molar-refractivity contribution is -0.120. The number of fused-ring (bicyclic) bond motifs is 1. The second-order valence-electron chi connectivity index (χ2n) is 7.83. The fourth-order valence-corrected chi connectivity index (χ4v) is 4.04. The zero-order valence-corrected chi connectivity index (χ0v) is 21.1. The van der Waals surface area contributed by atoms with Gasteiger partial charge in [-0.2, -0.15) is 5.10 Å². The zero-order valence-electron chi connectivity index (χ0n) is 18.7. The second kappa shape index (κ2) is 10.8. The molecule has 176 valence electrons. The summed E-state index contributed by atoms with van der Waals surface area (Å²) in [5.41, 5.74) is 1.76. The second-order valence-corrected chi connectivity index (χ2v) is 7.83. The lowest BCUT2D eigenvalue weighted by Gasteiger charge is -2.35. The molecule has 0 unspecified atom stereocenters. The number of benzene rings is 1. The van der Waals surface area contributed by atoms with Crippen LogP contribution in [0.3, 0.4) is 0 Å². The highest BCUT2D eigenvalue weighted by molar-refractivity contribution is 14.0. The topological polar surface area (TPSA) is 103 Å². The van der Waals surface area contributed by atoms with Crippen LogP contribution in [0.25, 0.3) is 0 Å². The maximum atomic E-state index is 12.6. The van der Waals surface area contributed by atoms with Gasteiger partial charge in [0.2, 0.25) is 5.91 Å². The van der Waals surface area contributed by atoms with E-state index < -0.39 is 0 Å². The number of hydrogen-bond acceptors (Lipinski definition) is 5. The fraction of sp³-hybridized carbons (Fsp3) is 0.409. The Morgan fingerprint density at radius 2 is 1.79 bits per heavy atom. The number of amides is 3. The number of rotatable bonds is 6. The molecule has 2 aliphatic rings. The van der Waals surface area contributed by atoms with E-state index in [-0.39, 0.29) is 48.2 Å². The van der Waals surface area contributed by atoms with E-state index in [1.54, 1.807) is 47.1 Å². The van der Waals surface area contributed by atoms with E-state index in [1.165, 1.54) is 4.90 Å². The Bertz CT molecular complexity index is 1030. The molecule has 2 aliphatic heterocycles. The van der Waals surface area contributed by atoms with E-state index in [9.17, 15) is 14.4 Å². The number of aromatic nitrogens is 2. The molecule has 2 aromatic rings. The Morgan fingerprint density at radius 1 is 1.09 bits per heavy atom. The van der Waals surface area contributed by atoms with Gasteiger partial charge in [0.15, 0.2) is 5.96 Å². The van der Waals surface area contributed by atoms with Crippen molar-refractivity contribution < 1.29 is 14.4 Å². The molecule has 0 radical (unpaired) electrons. The van der Waals surface area contributed by atoms with Crippen molar-refractivity contribution in [2.45, 2.75) is 12.8 Å². The largest absolute Gasteiger partial charge is 0.356 e. The molecule has 1 fully saturated rings. The number of hydrogen-bond donors (Lipinski definition) is 1. The summed E-state index contributed by atoms with van der Waals surface area (Å²) < 4.78 is 1.68. The molecule has 0 aliphatic carbocycles. The van der Waals surface area contributed by atoms with E-state index in [0.29, 0.717) is 49.7 Å². The molecular formula is C22H28IN7O3. The van der Waals surface area contributed by atoms with Gasteiger partial charge in [0, 0.05) is 46.5 Å². The molecule has 3 heterocycles. The molecule has 1 aromatic heterocycles. The molecule has 11 heteroatoms. The lowest BCUT2D eigenvalue weighted by atomic mass is 10.1. The predicted octanol–water partition coefficient (Wildman–Crippen LogP) is 1.34. The minimum absolute atomic E-state index is 0. The average molecular weight is 565 g/mol. The van der Waals surface area contributed by atoms with E-state index in [1.807, 2.05) is 18.1 Å². The van der Waals surface area contributed by atoms with Crippen LogP contribution in [0.15, 0.2) is 41.7 Å². The number of anilines is 1. The van der Waals surface area contributed by atoms with Crippen molar-refractivity contribution >= 4 is 53.3 Å². The van der Waals surface area contributed by atoms with Crippen LogP contribution in [-0.4, -0.2) is 83.0 Å². The first-order valence-corrected chi connectivity index (χ1v) is 10.7. The molecule has 3 amide bonds. The van der Waals surface area contributed by atoms with Crippen LogP contribution in [0.4, 0.5) is 5.69 Å². The highest BCUT2D eigenvalue weighted by Gasteiger charge is 2.34. The third kappa shape index (κ3) is 5.18. The van der Waals surface area contributed by atoms with E-state index >= 15 is 0 Å². The van der Waals surface area contributed by atoms with Crippen LogP contribution in [0.2, 0.25) is 0 Å². The molecule has 1 aromatic carbocycles. The minimum atomic E-state index is -0.223. The van der Waals surface area contributed by atoms with Gasteiger partial charge in [-0.15, -0.1) is 24.0 Å². The molecule has 33 heavy (non-hydrogen) atoms. The molecule has 0 saturated carbocycles. The first-order valence-electron chi connectivity index (χ1n) is 10.7. The van der Waals surface area contributed by atoms with Crippen molar-refractivity contribution in [2.75, 3.05) is 44.7 Å². The summed E-state index contributed by atoms with van der Waals surface area (Å²) in [5.74, 6) is 0.224. The summed E-state index contributed by atoms with van der Waals surface area (Å²) in [7, 11) is 3.52. The van der Waals surface area contributed by atoms with Gasteiger partial charge in [0.05, 0.1) is 23.0 Å². The number of unbranched alkanes of at least 4 members (excludes halogenated alkanes) is 1. The first kappa shape index (κ1) is 24.7. The van der Waals surface area contributed by atoms with Crippen LogP contribution in [0.5, 0.6) is 0 Å². The number of piperazine rings is 1. The van der Waals surface area contributed by atoms with Crippen molar-refractivity contribution in [3.8, 4) is 0 Å². The Labute approximate surface area is 209 Å². The molecule has 1 N–H and O–H groups in total. The lowest BCUT2D eigenvalue weighted by Crippen LogP contribution is -2.55. The molecule has 0 spiro atoms. The Kier molecular flexibility index (Phi) is 8.06. The summed E-state index contributed by atoms with van der Waals surface area (Å²) >= 11 is 0. The van der Waals surface area contributed by atoms with Crippen LogP contribution in [0, 0.1) is 0 Å². The number of nitrogens with one attached hydrogen (secondary N) is 1. The van der Waals surface area contributed by atoms with Crippen molar-refractivity contribution in [3.63, 3.8) is 0 Å². The maximum Gasteiger partial charge on any atom is 0.261 e. The highest BCUT2D eigenvalue weighted by atomic mass is 127. The number of carbonyl (C=O) groups excluding carboxylic acids is 3. The smallest absolute Gasteiger partial charge is 0.261 e. The number of aliphatic imine (C=N–C) groups is 1. The van der Waals surface area contributed by atoms with Crippen LogP contribution < -0.4 is 10.2 Å². The summed E-state index contributed by atoms with van der Waals surface area (Å²) in [6.45, 7) is 2.48. The van der Waals surface area contributed by atoms with E-state index in [2.05, 4.69) is 15.4 Å². The van der Waals surface area contributed by atoms with Crippen molar-refractivity contribution in [1.29, 1.82) is 0 Å². The van der Waals surface area contributed by atoms with Crippen LogP contribution in [-0.2, 0) is 11.8 Å². The average Bonchev–Trinajstić information content (AvgIpc) is 3.33. The van der Waals surface area contributed by atoms with Gasteiger partial charge in [-0.1, -0.05) is 12.1 Å². The SMILES string of the molecule is CN=C(NCCCCN1C(=O)c2ccccc2C1=O)N1CCN(c2cnn(C)c2)C(=O)C1.I. The predicted molar refractivity (Wildman–Crippen MR) is 135 cm³/mol. The molecule has 0 bridgehead atoms. The molecule has 4 rings (SSSR count). The number of carbonyl (C=O) groups is 3. The Balaban J connectivity index is 0.00000306. The molecular weight excluding hydrogens is 537 g/mol. The number of halogens is 1. The first-order chi connectivity index (χ1) is 15.5. The third-order valence-electron chi connectivity index (χ3n) is 5.70. The van der Waals surface area contributed by atoms with Gasteiger partial charge in [-0.3, -0.25) is 29.0 Å². The quantitative estimate of drug-likeness (QED) is 0.187. The summed E-state index contributed by atoms with van der Waals surface area (Å²) in [6, 6.07) is 6.92. The summed E-state index contributed by atoms with van der Waals surface area (Å²) in [6.07, 6.45) is 4.96. The monoisotopic (exact) mass is 565 g/mol. The molecule has 10 nitrogen and oxygen atoms in total. The Morgan fingerprint density at radius 3 is 2.36 bits per heavy atom. The van der Waals surface area contributed by atoms with Crippen molar-refractivity contribution in [2.24, 2.45) is 12.0 Å². The van der Waals surface area contributed by atoms with Gasteiger partial charge >= 0.3 is 0 Å². The van der Waals surface area contributed by atoms with Crippen LogP contribution in [0.1, 0.15) is 33.6 Å². The van der Waals surface area contributed by atoms with Gasteiger partial charge in [0.1, 0.15) is 6.54 Å². The van der Waals surface area contributed by atoms with Gasteiger partial charge in [0.25, 0.3) is 11.8 Å². The summed E-state index contributed by atoms with van der Waals surface area (Å²) in [4.78, 5) is 46.7. The van der Waals surface area contributed by atoms with E-state index in [4.69, 9.17) is 0 Å². The number of aryl methyl sites for hydroxylation is 1.